The van der Waals surface area contributed by atoms with Gasteiger partial charge in [0, 0.05) is 32.7 Å². The number of ether oxygens (including phenoxy) is 1. The Morgan fingerprint density at radius 3 is 1.45 bits per heavy atom. The summed E-state index contributed by atoms with van der Waals surface area (Å²) in [7, 11) is 0. The zero-order valence-electron chi connectivity index (χ0n) is 58.2. The first-order valence-electron chi connectivity index (χ1n) is 34.5. The highest BCUT2D eigenvalue weighted by molar-refractivity contribution is 5.96. The average molecular weight is 1380 g/mol. The molecule has 5 fully saturated rings. The Labute approximate surface area is 574 Å². The van der Waals surface area contributed by atoms with Gasteiger partial charge in [-0.05, 0) is 187 Å². The maximum Gasteiger partial charge on any atom is 0.326 e. The van der Waals surface area contributed by atoms with Crippen LogP contribution in [0.5, 0.6) is 0 Å². The summed E-state index contributed by atoms with van der Waals surface area (Å²) >= 11 is 0. The van der Waals surface area contributed by atoms with Gasteiger partial charge in [-0.3, -0.25) is 53.7 Å². The van der Waals surface area contributed by atoms with E-state index in [9.17, 15) is 43.8 Å². The number of guanidine groups is 5. The van der Waals surface area contributed by atoms with Gasteiger partial charge in [-0.1, -0.05) is 52.0 Å². The van der Waals surface area contributed by atoms with Crippen molar-refractivity contribution < 1.29 is 48.5 Å². The lowest BCUT2D eigenvalue weighted by atomic mass is 9.32. The van der Waals surface area contributed by atoms with Crippen LogP contribution in [0.1, 0.15) is 176 Å². The number of nitrogens with zero attached hydrogens (tertiary/aromatic N) is 8. The number of amides is 5. The second kappa shape index (κ2) is 34.3. The molecule has 0 radical (unpaired) electrons. The van der Waals surface area contributed by atoms with E-state index in [2.05, 4.69) is 110 Å². The minimum atomic E-state index is -1.43. The van der Waals surface area contributed by atoms with Gasteiger partial charge in [-0.25, -0.2) is 9.48 Å². The summed E-state index contributed by atoms with van der Waals surface area (Å²) in [5.41, 5.74) is 56.1. The number of aliphatic hydroxyl groups excluding tert-OH is 1. The van der Waals surface area contributed by atoms with E-state index < -0.39 is 77.7 Å². The van der Waals surface area contributed by atoms with E-state index in [1.807, 2.05) is 0 Å². The van der Waals surface area contributed by atoms with Crippen LogP contribution in [-0.2, 0) is 51.5 Å². The van der Waals surface area contributed by atoms with Crippen molar-refractivity contribution in [3.8, 4) is 0 Å². The van der Waals surface area contributed by atoms with Gasteiger partial charge in [0.1, 0.15) is 49.1 Å². The predicted octanol–water partition coefficient (Wildman–Crippen LogP) is -0.884. The number of aliphatic hydroxyl groups is 1. The fourth-order valence-electron chi connectivity index (χ4n) is 17.6. The molecule has 0 saturated heterocycles. The highest BCUT2D eigenvalue weighted by Crippen LogP contribution is 2.77. The number of nitrogens with two attached hydrogens (primary N) is 10. The number of aliphatic imine (C=N–C) groups is 5. The van der Waals surface area contributed by atoms with Gasteiger partial charge in [0.05, 0.1) is 17.7 Å². The van der Waals surface area contributed by atoms with Gasteiger partial charge in [0.2, 0.25) is 29.5 Å². The molecule has 33 nitrogen and oxygen atoms in total. The van der Waals surface area contributed by atoms with Crippen LogP contribution in [0, 0.1) is 56.7 Å². The first kappa shape index (κ1) is 78.5. The van der Waals surface area contributed by atoms with Crippen molar-refractivity contribution in [3.63, 3.8) is 0 Å². The van der Waals surface area contributed by atoms with Crippen LogP contribution in [0.3, 0.4) is 0 Å². The molecule has 0 bridgehead atoms. The van der Waals surface area contributed by atoms with E-state index in [1.165, 1.54) is 10.9 Å². The van der Waals surface area contributed by atoms with Gasteiger partial charge in [0.15, 0.2) is 29.8 Å². The second-order valence-electron chi connectivity index (χ2n) is 29.1. The molecule has 5 amide bonds. The average Bonchev–Trinajstić information content (AvgIpc) is 1.31. The molecule has 5 saturated carbocycles. The van der Waals surface area contributed by atoms with Crippen molar-refractivity contribution in [2.24, 2.45) is 139 Å². The minimum absolute atomic E-state index is 0.0133. The molecule has 15 atom stereocenters. The van der Waals surface area contributed by atoms with E-state index in [-0.39, 0.29) is 185 Å². The monoisotopic (exact) mass is 1380 g/mol. The van der Waals surface area contributed by atoms with Crippen LogP contribution in [-0.4, -0.2) is 166 Å². The molecule has 0 spiro atoms. The minimum Gasteiger partial charge on any atom is -0.480 e. The van der Waals surface area contributed by atoms with Crippen molar-refractivity contribution in [2.45, 2.75) is 219 Å². The third-order valence-electron chi connectivity index (χ3n) is 22.6. The first-order valence-corrected chi connectivity index (χ1v) is 34.5. The summed E-state index contributed by atoms with van der Waals surface area (Å²) in [5.74, 6) is -5.40. The summed E-state index contributed by atoms with van der Waals surface area (Å²) in [6.07, 6.45) is 10.8. The number of allylic oxidation sites excluding steroid dienone is 1. The lowest BCUT2D eigenvalue weighted by Gasteiger charge is -2.72. The Balaban J connectivity index is 1.17. The zero-order valence-corrected chi connectivity index (χ0v) is 58.2. The predicted molar refractivity (Wildman–Crippen MR) is 372 cm³/mol. The number of aromatic nitrogens is 3. The standard InChI is InChI=1S/C65H113N23O10/c1-36(2)38-20-25-65(27-26-63(6)39(49(38)65)18-19-46-62(5)23-22-47(89)61(3,4)45(62)21-24-64(46,63)7)55(97)98-35-37-33-88(87-86-37)34-48(90)81-40(13-8-28-76-56(66)67)50(91)82-41(14-9-29-77-57(68)69)51(92)83-42(15-10-30-78-58(70)71)52(93)84-43(16-11-31-79-59(72)73)53(94)85-44(54(95)96)17-12-32-80-60(74)75/h33,38-47,49,89H,1,8-32,34-35H2,2-7H3,(H,81,90)(H,82,91)(H,83,92)(H,84,93)(H,85,94)(H,95,96)(H4,66,67,76)(H4,68,69,77)(H4,70,71,78)(H4,72,73,79)(H4,74,75,80)/t38-,39+,40-,41-,42-,43-,44-,45-,46+,47-,49+,62-,63+,64+,65-/m0/s1. The molecule has 1 aromatic heterocycles. The molecule has 5 aliphatic rings. The number of nitrogens with one attached hydrogen (secondary N) is 5. The Morgan fingerprint density at radius 2 is 1.01 bits per heavy atom. The Bertz CT molecular complexity index is 3130. The SMILES string of the molecule is C=C(C)[C@@H]1CC[C@]2(C(=O)OCc3cn(CC(=O)N[C@@H](CCCN=C(N)N)C(=O)N[C@@H](CCCN=C(N)N)C(=O)N[C@@H](CCCN=C(N)N)C(=O)N[C@@H](CCCN=C(N)N)C(=O)N[C@@H](CCCN=C(N)N)C(=O)O)nn3)CC[C@]3(C)[C@H](CC[C@@H]4[C@@]5(C)CC[C@H](O)C(C)(C)[C@@H]5CC[C@]43C)[C@@H]12. The van der Waals surface area contributed by atoms with Crippen molar-refractivity contribution in [1.82, 2.24) is 41.6 Å². The molecule has 98 heavy (non-hydrogen) atoms. The van der Waals surface area contributed by atoms with Crippen LogP contribution < -0.4 is 83.9 Å². The number of aliphatic carboxylic acids is 1. The van der Waals surface area contributed by atoms with Crippen molar-refractivity contribution in [3.05, 3.63) is 24.0 Å². The van der Waals surface area contributed by atoms with Crippen molar-refractivity contribution >= 4 is 71.3 Å². The summed E-state index contributed by atoms with van der Waals surface area (Å²) in [6.45, 7) is 18.3. The van der Waals surface area contributed by atoms with Crippen LogP contribution in [0.25, 0.3) is 0 Å². The topological polar surface area (TPSA) is 582 Å². The van der Waals surface area contributed by atoms with Crippen LogP contribution in [0.15, 0.2) is 43.3 Å². The van der Waals surface area contributed by atoms with Gasteiger partial charge in [0.25, 0.3) is 0 Å². The van der Waals surface area contributed by atoms with Gasteiger partial charge < -0.3 is 98.9 Å². The molecule has 0 aliphatic heterocycles. The number of carboxylic acids is 1. The zero-order chi connectivity index (χ0) is 72.5. The summed E-state index contributed by atoms with van der Waals surface area (Å²) in [4.78, 5) is 118. The lowest BCUT2D eigenvalue weighted by molar-refractivity contribution is -0.248. The van der Waals surface area contributed by atoms with Crippen LogP contribution in [0.2, 0.25) is 0 Å². The number of hydrogen-bond donors (Lipinski definition) is 17. The van der Waals surface area contributed by atoms with Crippen LogP contribution in [0.4, 0.5) is 0 Å². The van der Waals surface area contributed by atoms with E-state index >= 15 is 0 Å². The summed E-state index contributed by atoms with van der Waals surface area (Å²) < 4.78 is 7.54. The fourth-order valence-corrected chi connectivity index (χ4v) is 17.6. The molecule has 1 aromatic rings. The summed E-state index contributed by atoms with van der Waals surface area (Å²) in [6, 6.07) is -6.95. The first-order chi connectivity index (χ1) is 46.1. The third kappa shape index (κ3) is 19.4. The highest BCUT2D eigenvalue weighted by atomic mass is 16.5. The number of esters is 1. The molecular formula is C65H113N23O10. The second-order valence-corrected chi connectivity index (χ2v) is 29.1. The quantitative estimate of drug-likeness (QED) is 0.0127. The lowest BCUT2D eigenvalue weighted by Crippen LogP contribution is -2.67. The highest BCUT2D eigenvalue weighted by Gasteiger charge is 2.72. The number of carboxylic acid groups (broad SMARTS) is 1. The van der Waals surface area contributed by atoms with Crippen molar-refractivity contribution in [1.29, 1.82) is 0 Å². The molecule has 548 valence electrons. The van der Waals surface area contributed by atoms with Crippen molar-refractivity contribution in [2.75, 3.05) is 32.7 Å². The molecule has 0 aromatic carbocycles. The van der Waals surface area contributed by atoms with E-state index in [4.69, 9.17) is 62.1 Å². The molecular weight excluding hydrogens is 1260 g/mol. The Hall–Kier alpha value is -8.52. The fraction of sp³-hybridized carbons (Fsp3) is 0.754. The third-order valence-corrected chi connectivity index (χ3v) is 22.6. The molecule has 27 N–H and O–H groups in total. The maximum atomic E-state index is 15.0. The number of fused-ring (bicyclic) bond motifs is 7. The van der Waals surface area contributed by atoms with E-state index in [1.54, 1.807) is 0 Å². The number of carbonyl (C=O) groups excluding carboxylic acids is 6. The van der Waals surface area contributed by atoms with Crippen LogP contribution >= 0.6 is 0 Å². The normalized spacial score (nSPS) is 27.2. The van der Waals surface area contributed by atoms with Gasteiger partial charge in [-0.15, -0.1) is 5.10 Å². The molecule has 5 aliphatic carbocycles. The smallest absolute Gasteiger partial charge is 0.326 e. The Kier molecular flexibility index (Phi) is 27.5. The molecule has 6 rings (SSSR count). The number of hydrogen-bond acceptors (Lipinski definition) is 16. The van der Waals surface area contributed by atoms with Gasteiger partial charge in [-0.2, -0.15) is 0 Å². The van der Waals surface area contributed by atoms with E-state index in [0.717, 1.165) is 56.9 Å². The number of carbonyl (C=O) groups is 7. The number of rotatable bonds is 36. The van der Waals surface area contributed by atoms with E-state index in [0.29, 0.717) is 30.4 Å². The Morgan fingerprint density at radius 1 is 0.571 bits per heavy atom. The molecule has 1 heterocycles. The molecule has 0 unspecified atom stereocenters. The largest absolute Gasteiger partial charge is 0.480 e. The summed E-state index contributed by atoms with van der Waals surface area (Å²) in [5, 5.41) is 43.0. The maximum absolute atomic E-state index is 15.0. The van der Waals surface area contributed by atoms with Gasteiger partial charge >= 0.3 is 11.9 Å². The molecule has 33 heteroatoms.